The number of esters is 1. The van der Waals surface area contributed by atoms with Crippen molar-refractivity contribution in [3.63, 3.8) is 0 Å². The first-order chi connectivity index (χ1) is 19.6. The van der Waals surface area contributed by atoms with Gasteiger partial charge in [0.15, 0.2) is 0 Å². The molecule has 1 amide bonds. The van der Waals surface area contributed by atoms with Gasteiger partial charge in [0.1, 0.15) is 12.2 Å². The summed E-state index contributed by atoms with van der Waals surface area (Å²) in [7, 11) is 0. The molecule has 6 aliphatic carbocycles. The molecule has 6 nitrogen and oxygen atoms in total. The average Bonchev–Trinajstić information content (AvgIpc) is 3.15. The van der Waals surface area contributed by atoms with Crippen molar-refractivity contribution in [1.29, 1.82) is 0 Å². The number of amides is 1. The summed E-state index contributed by atoms with van der Waals surface area (Å²) in [5.41, 5.74) is 2.43. The second kappa shape index (κ2) is 9.97. The van der Waals surface area contributed by atoms with E-state index < -0.39 is 11.6 Å². The Balaban J connectivity index is 1.35. The summed E-state index contributed by atoms with van der Waals surface area (Å²) < 4.78 is 11.8. The lowest BCUT2D eigenvalue weighted by molar-refractivity contribution is -0.231. The molecule has 0 aromatic heterocycles. The molecule has 6 heteroatoms. The van der Waals surface area contributed by atoms with Gasteiger partial charge in [0.25, 0.3) is 0 Å². The number of hydrogen-bond donors (Lipinski definition) is 2. The zero-order valence-corrected chi connectivity index (χ0v) is 27.6. The Morgan fingerprint density at radius 2 is 1.57 bits per heavy atom. The van der Waals surface area contributed by atoms with Crippen LogP contribution in [0.25, 0.3) is 0 Å². The molecular weight excluding hydrogens is 526 g/mol. The fourth-order valence-electron chi connectivity index (χ4n) is 12.2. The molecule has 2 N–H and O–H groups in total. The van der Waals surface area contributed by atoms with E-state index in [-0.39, 0.29) is 51.8 Å². The summed E-state index contributed by atoms with van der Waals surface area (Å²) in [5.74, 6) is 1.54. The lowest BCUT2D eigenvalue weighted by Crippen LogP contribution is -2.67. The highest BCUT2D eigenvalue weighted by Gasteiger charge is 2.70. The van der Waals surface area contributed by atoms with Gasteiger partial charge in [-0.25, -0.2) is 4.79 Å². The van der Waals surface area contributed by atoms with Crippen molar-refractivity contribution in [1.82, 2.24) is 5.32 Å². The molecule has 0 spiro atoms. The third-order valence-corrected chi connectivity index (χ3v) is 14.5. The molecule has 9 atom stereocenters. The second-order valence-corrected chi connectivity index (χ2v) is 17.0. The summed E-state index contributed by atoms with van der Waals surface area (Å²) in [6, 6.07) is 0. The highest BCUT2D eigenvalue weighted by molar-refractivity contribution is 5.70. The van der Waals surface area contributed by atoms with Gasteiger partial charge >= 0.3 is 12.1 Å². The van der Waals surface area contributed by atoms with Crippen LogP contribution >= 0.6 is 0 Å². The predicted molar refractivity (Wildman–Crippen MR) is 164 cm³/mol. The maximum absolute atomic E-state index is 13.3. The molecule has 0 heterocycles. The van der Waals surface area contributed by atoms with Gasteiger partial charge < -0.3 is 19.9 Å². The van der Waals surface area contributed by atoms with Gasteiger partial charge in [-0.15, -0.1) is 0 Å². The maximum atomic E-state index is 13.3. The summed E-state index contributed by atoms with van der Waals surface area (Å²) in [6.45, 7) is 18.4. The second-order valence-electron chi connectivity index (χ2n) is 17.0. The lowest BCUT2D eigenvalue weighted by Gasteiger charge is -2.72. The highest BCUT2D eigenvalue weighted by atomic mass is 16.6. The van der Waals surface area contributed by atoms with Crippen molar-refractivity contribution < 1.29 is 24.2 Å². The van der Waals surface area contributed by atoms with Gasteiger partial charge in [0, 0.05) is 18.8 Å². The van der Waals surface area contributed by atoms with Crippen LogP contribution in [-0.4, -0.2) is 41.0 Å². The van der Waals surface area contributed by atoms with Crippen LogP contribution in [0, 0.1) is 45.3 Å². The third-order valence-electron chi connectivity index (χ3n) is 14.5. The van der Waals surface area contributed by atoms with Crippen molar-refractivity contribution in [3.8, 4) is 0 Å². The van der Waals surface area contributed by atoms with Crippen LogP contribution in [-0.2, 0) is 14.3 Å². The molecule has 0 saturated heterocycles. The Kier molecular flexibility index (Phi) is 7.23. The number of rotatable bonds is 4. The van der Waals surface area contributed by atoms with Gasteiger partial charge in [0.05, 0.1) is 11.6 Å². The fraction of sp³-hybridized carbons (Fsp3) is 0.889. The average molecular weight is 584 g/mol. The maximum Gasteiger partial charge on any atom is 0.408 e. The van der Waals surface area contributed by atoms with Gasteiger partial charge in [-0.3, -0.25) is 4.79 Å². The number of aliphatic hydroxyl groups excluding tert-OH is 1. The minimum atomic E-state index is -0.512. The summed E-state index contributed by atoms with van der Waals surface area (Å²) >= 11 is 0. The number of alkyl carbamates (subject to hydrolysis) is 1. The van der Waals surface area contributed by atoms with E-state index in [2.05, 4.69) is 53.8 Å². The van der Waals surface area contributed by atoms with E-state index in [9.17, 15) is 14.7 Å². The standard InChI is InChI=1S/C36H57NO5/c1-21(2)29-25(39)20-36(37-31(40)42-23-10-9-11-23)19-18-34(7)24(30(29)36)12-13-27-33(6)16-15-28(41-22(3)38)32(4,5)26(33)14-17-35(27,34)8/h21,23-28,39H,9-20H2,1-8H3,(H,37,40)/t24?,25?,26?,27?,28-,33-,34+,35+,36+/m0/s1. The molecule has 5 saturated carbocycles. The predicted octanol–water partition coefficient (Wildman–Crippen LogP) is 7.72. The normalized spacial score (nSPS) is 46.1. The third kappa shape index (κ3) is 4.19. The first-order valence-corrected chi connectivity index (χ1v) is 17.2. The Hall–Kier alpha value is -1.56. The van der Waals surface area contributed by atoms with E-state index >= 15 is 0 Å². The van der Waals surface area contributed by atoms with Crippen molar-refractivity contribution >= 4 is 12.1 Å². The van der Waals surface area contributed by atoms with E-state index in [1.54, 1.807) is 6.92 Å². The van der Waals surface area contributed by atoms with Crippen LogP contribution < -0.4 is 5.32 Å². The van der Waals surface area contributed by atoms with Crippen LogP contribution in [0.15, 0.2) is 11.1 Å². The van der Waals surface area contributed by atoms with Gasteiger partial charge in [-0.1, -0.05) is 48.5 Å². The number of aliphatic hydroxyl groups is 1. The number of carbonyl (C=O) groups excluding carboxylic acids is 2. The first-order valence-electron chi connectivity index (χ1n) is 17.2. The molecule has 0 radical (unpaired) electrons. The smallest absolute Gasteiger partial charge is 0.408 e. The van der Waals surface area contributed by atoms with Gasteiger partial charge in [-0.2, -0.15) is 0 Å². The largest absolute Gasteiger partial charge is 0.462 e. The zero-order valence-electron chi connectivity index (χ0n) is 27.6. The van der Waals surface area contributed by atoms with Crippen LogP contribution in [0.4, 0.5) is 4.79 Å². The summed E-state index contributed by atoms with van der Waals surface area (Å²) in [5, 5.41) is 14.9. The Morgan fingerprint density at radius 1 is 0.857 bits per heavy atom. The van der Waals surface area contributed by atoms with Crippen molar-refractivity contribution in [2.75, 3.05) is 0 Å². The van der Waals surface area contributed by atoms with Crippen molar-refractivity contribution in [2.45, 2.75) is 156 Å². The van der Waals surface area contributed by atoms with Crippen LogP contribution in [0.3, 0.4) is 0 Å². The van der Waals surface area contributed by atoms with Gasteiger partial charge in [0.2, 0.25) is 0 Å². The molecule has 0 aromatic rings. The Morgan fingerprint density at radius 3 is 2.19 bits per heavy atom. The minimum Gasteiger partial charge on any atom is -0.462 e. The van der Waals surface area contributed by atoms with Crippen LogP contribution in [0.5, 0.6) is 0 Å². The number of hydrogen-bond acceptors (Lipinski definition) is 5. The first kappa shape index (κ1) is 30.5. The summed E-state index contributed by atoms with van der Waals surface area (Å²) in [6.07, 6.45) is 11.4. The molecule has 42 heavy (non-hydrogen) atoms. The van der Waals surface area contributed by atoms with Crippen LogP contribution in [0.1, 0.15) is 132 Å². The molecular formula is C36H57NO5. The molecule has 0 aromatic carbocycles. The number of fused-ring (bicyclic) bond motifs is 7. The van der Waals surface area contributed by atoms with E-state index in [1.807, 2.05) is 0 Å². The summed E-state index contributed by atoms with van der Waals surface area (Å²) in [4.78, 5) is 25.2. The molecule has 236 valence electrons. The molecule has 0 aliphatic heterocycles. The van der Waals surface area contributed by atoms with E-state index in [4.69, 9.17) is 9.47 Å². The molecule has 5 fully saturated rings. The minimum absolute atomic E-state index is 0.0100. The molecule has 6 aliphatic rings. The number of carbonyl (C=O) groups is 2. The topological polar surface area (TPSA) is 84.9 Å². The van der Waals surface area contributed by atoms with E-state index in [0.29, 0.717) is 24.2 Å². The SMILES string of the molecule is CC(=O)O[C@H]1CC[C@@]2(C)C(CC[C@]3(C)C2CCC2C4=C(C(C)C)C(O)C[C@]4(NC(=O)OC4CCC4)CC[C@]23C)C1(C)C. The van der Waals surface area contributed by atoms with E-state index in [0.717, 1.165) is 57.8 Å². The quantitative estimate of drug-likeness (QED) is 0.261. The van der Waals surface area contributed by atoms with E-state index in [1.165, 1.54) is 24.0 Å². The Labute approximate surface area is 254 Å². The monoisotopic (exact) mass is 583 g/mol. The fourth-order valence-corrected chi connectivity index (χ4v) is 12.2. The van der Waals surface area contributed by atoms with Crippen molar-refractivity contribution in [2.24, 2.45) is 45.3 Å². The van der Waals surface area contributed by atoms with Gasteiger partial charge in [-0.05, 0) is 122 Å². The zero-order chi connectivity index (χ0) is 30.5. The molecule has 0 bridgehead atoms. The highest BCUT2D eigenvalue weighted by Crippen LogP contribution is 2.76. The van der Waals surface area contributed by atoms with Crippen molar-refractivity contribution in [3.05, 3.63) is 11.1 Å². The number of ether oxygens (including phenoxy) is 2. The lowest BCUT2D eigenvalue weighted by atomic mass is 9.33. The number of nitrogens with one attached hydrogen (secondary N) is 1. The van der Waals surface area contributed by atoms with Crippen LogP contribution in [0.2, 0.25) is 0 Å². The molecule has 6 rings (SSSR count). The Bertz CT molecular complexity index is 1160. The molecule has 4 unspecified atom stereocenters.